The van der Waals surface area contributed by atoms with E-state index in [2.05, 4.69) is 14.7 Å². The van der Waals surface area contributed by atoms with Gasteiger partial charge in [-0.3, -0.25) is 0 Å². The van der Waals surface area contributed by atoms with Gasteiger partial charge in [-0.2, -0.15) is 13.2 Å². The number of halogens is 3. The van der Waals surface area contributed by atoms with Crippen LogP contribution in [-0.4, -0.2) is 46.0 Å². The number of alkyl halides is 3. The largest absolute Gasteiger partial charge is 0.418 e. The van der Waals surface area contributed by atoms with Crippen LogP contribution in [0.1, 0.15) is 30.4 Å². The minimum Gasteiger partial charge on any atom is -0.394 e. The third-order valence-electron chi connectivity index (χ3n) is 5.78. The number of fused-ring (bicyclic) bond motifs is 6. The number of nitrogens with zero attached hydrogens (tertiary/aromatic N) is 3. The lowest BCUT2D eigenvalue weighted by atomic mass is 9.96. The Morgan fingerprint density at radius 1 is 1.00 bits per heavy atom. The molecule has 1 aromatic carbocycles. The average Bonchev–Trinajstić information content (AvgIpc) is 2.85. The lowest BCUT2D eigenvalue weighted by Gasteiger charge is -2.26. The van der Waals surface area contributed by atoms with E-state index in [9.17, 15) is 23.4 Å². The first-order valence-electron chi connectivity index (χ1n) is 11.5. The zero-order chi connectivity index (χ0) is 24.8. The quantitative estimate of drug-likeness (QED) is 0.425. The van der Waals surface area contributed by atoms with Gasteiger partial charge in [0, 0.05) is 30.6 Å². The Bertz CT molecular complexity index is 1150. The van der Waals surface area contributed by atoms with Crippen molar-refractivity contribution in [1.82, 2.24) is 9.97 Å². The summed E-state index contributed by atoms with van der Waals surface area (Å²) in [7, 11) is 0. The highest BCUT2D eigenvalue weighted by Gasteiger charge is 2.35. The lowest BCUT2D eigenvalue weighted by molar-refractivity contribution is -0.137. The molecule has 4 bridgehead atoms. The van der Waals surface area contributed by atoms with Gasteiger partial charge in [0.15, 0.2) is 0 Å². The summed E-state index contributed by atoms with van der Waals surface area (Å²) >= 11 is 1.15. The van der Waals surface area contributed by atoms with Crippen molar-refractivity contribution in [3.05, 3.63) is 65.7 Å². The Labute approximate surface area is 206 Å². The Balaban J connectivity index is 1.72. The van der Waals surface area contributed by atoms with Gasteiger partial charge < -0.3 is 19.8 Å². The van der Waals surface area contributed by atoms with Crippen LogP contribution >= 0.6 is 11.9 Å². The van der Waals surface area contributed by atoms with Gasteiger partial charge in [-0.1, -0.05) is 36.8 Å². The number of rotatable bonds is 3. The second-order valence-corrected chi connectivity index (χ2v) is 9.21. The maximum Gasteiger partial charge on any atom is 0.418 e. The molecule has 0 amide bonds. The average molecular weight is 505 g/mol. The number of aliphatic hydroxyl groups is 2. The fraction of sp³-hybridized carbons (Fsp3) is 0.360. The van der Waals surface area contributed by atoms with Crippen molar-refractivity contribution in [3.63, 3.8) is 0 Å². The van der Waals surface area contributed by atoms with E-state index in [1.54, 1.807) is 18.2 Å². The normalized spacial score (nSPS) is 15.7. The fourth-order valence-electron chi connectivity index (χ4n) is 4.07. The van der Waals surface area contributed by atoms with Crippen LogP contribution in [0.5, 0.6) is 0 Å². The van der Waals surface area contributed by atoms with Gasteiger partial charge >= 0.3 is 6.18 Å². The Kier molecular flexibility index (Phi) is 8.15. The van der Waals surface area contributed by atoms with Crippen LogP contribution in [0.2, 0.25) is 0 Å². The zero-order valence-electron chi connectivity index (χ0n) is 19.0. The first kappa shape index (κ1) is 25.3. The molecule has 10 heteroatoms. The number of benzene rings is 1. The van der Waals surface area contributed by atoms with Crippen molar-refractivity contribution >= 4 is 23.6 Å². The first-order chi connectivity index (χ1) is 16.8. The van der Waals surface area contributed by atoms with Crippen LogP contribution in [0, 0.1) is 0 Å². The number of nitrogens with one attached hydrogen (secondary N) is 1. The van der Waals surface area contributed by atoms with Crippen molar-refractivity contribution in [3.8, 4) is 11.3 Å². The first-order valence-corrected chi connectivity index (χ1v) is 12.3. The molecular weight excluding hydrogens is 477 g/mol. The van der Waals surface area contributed by atoms with Crippen molar-refractivity contribution in [2.45, 2.75) is 43.0 Å². The van der Waals surface area contributed by atoms with E-state index in [0.717, 1.165) is 42.8 Å². The molecule has 1 unspecified atom stereocenters. The van der Waals surface area contributed by atoms with E-state index >= 15 is 0 Å². The molecular formula is C25H27F3N4O2S. The molecule has 1 aliphatic heterocycles. The minimum absolute atomic E-state index is 0.0864. The van der Waals surface area contributed by atoms with E-state index in [-0.39, 0.29) is 18.8 Å². The van der Waals surface area contributed by atoms with Gasteiger partial charge in [-0.05, 0) is 49.1 Å². The van der Waals surface area contributed by atoms with Gasteiger partial charge in [0.05, 0.1) is 24.0 Å². The molecule has 3 aromatic rings. The van der Waals surface area contributed by atoms with E-state index in [1.807, 2.05) is 29.2 Å². The smallest absolute Gasteiger partial charge is 0.394 e. The van der Waals surface area contributed by atoms with Crippen LogP contribution in [0.4, 0.5) is 24.8 Å². The van der Waals surface area contributed by atoms with Crippen molar-refractivity contribution in [2.24, 2.45) is 0 Å². The molecule has 4 rings (SSSR count). The minimum atomic E-state index is -4.53. The van der Waals surface area contributed by atoms with Gasteiger partial charge in [0.2, 0.25) is 0 Å². The predicted octanol–water partition coefficient (Wildman–Crippen LogP) is 5.17. The van der Waals surface area contributed by atoms with Gasteiger partial charge in [0.25, 0.3) is 0 Å². The number of β-amino-alcohol motifs (C(OH)–C–C–N with tert-alkyl or cyclic N) is 1. The van der Waals surface area contributed by atoms with E-state index in [1.165, 1.54) is 6.07 Å². The molecule has 1 atom stereocenters. The Morgan fingerprint density at radius 3 is 2.63 bits per heavy atom. The Morgan fingerprint density at radius 2 is 1.83 bits per heavy atom. The van der Waals surface area contributed by atoms with Crippen molar-refractivity contribution in [1.29, 1.82) is 0 Å². The van der Waals surface area contributed by atoms with Crippen molar-refractivity contribution in [2.75, 3.05) is 29.3 Å². The predicted molar refractivity (Wildman–Crippen MR) is 131 cm³/mol. The van der Waals surface area contributed by atoms with Crippen LogP contribution in [0.15, 0.2) is 59.6 Å². The second kappa shape index (κ2) is 11.3. The highest BCUT2D eigenvalue weighted by Crippen LogP contribution is 2.38. The number of aromatic nitrogens is 2. The molecule has 0 spiro atoms. The van der Waals surface area contributed by atoms with E-state index in [0.29, 0.717) is 35.2 Å². The number of anilines is 2. The molecule has 0 saturated heterocycles. The van der Waals surface area contributed by atoms with Crippen LogP contribution in [-0.2, 0) is 12.6 Å². The molecule has 35 heavy (non-hydrogen) atoms. The SMILES string of the molecule is OCC(O)CN1CCCCCc2ccccc2-c2nc(ccc2C(F)(F)F)NSc2cccc1n2. The van der Waals surface area contributed by atoms with Crippen LogP contribution in [0.3, 0.4) is 0 Å². The topological polar surface area (TPSA) is 81.5 Å². The summed E-state index contributed by atoms with van der Waals surface area (Å²) in [6.45, 7) is 0.537. The molecule has 0 fully saturated rings. The van der Waals surface area contributed by atoms with Gasteiger partial charge in [-0.15, -0.1) is 0 Å². The number of hydrogen-bond donors (Lipinski definition) is 3. The molecule has 0 radical (unpaired) electrons. The summed E-state index contributed by atoms with van der Waals surface area (Å²) in [5.74, 6) is 0.947. The summed E-state index contributed by atoms with van der Waals surface area (Å²) in [5, 5.41) is 19.9. The summed E-state index contributed by atoms with van der Waals surface area (Å²) in [5.41, 5.74) is 0.451. The summed E-state index contributed by atoms with van der Waals surface area (Å²) in [6.07, 6.45) is -2.36. The molecule has 186 valence electrons. The van der Waals surface area contributed by atoms with E-state index < -0.39 is 17.8 Å². The maximum absolute atomic E-state index is 13.8. The summed E-state index contributed by atoms with van der Waals surface area (Å²) < 4.78 is 44.6. The molecule has 1 aliphatic rings. The zero-order valence-corrected chi connectivity index (χ0v) is 19.8. The van der Waals surface area contributed by atoms with Crippen LogP contribution in [0.25, 0.3) is 11.3 Å². The van der Waals surface area contributed by atoms with Gasteiger partial charge in [-0.25, -0.2) is 9.97 Å². The molecule has 2 aromatic heterocycles. The molecule has 0 saturated carbocycles. The monoisotopic (exact) mass is 504 g/mol. The molecule has 3 heterocycles. The highest BCUT2D eigenvalue weighted by atomic mass is 32.2. The molecule has 6 nitrogen and oxygen atoms in total. The lowest BCUT2D eigenvalue weighted by Crippen LogP contribution is -2.35. The van der Waals surface area contributed by atoms with Crippen LogP contribution < -0.4 is 9.62 Å². The second-order valence-electron chi connectivity index (χ2n) is 8.38. The molecule has 3 N–H and O–H groups in total. The standard InChI is InChI=1S/C25H27F3N4O2S/c26-25(27,28)20-12-13-21-29-24(20)19-9-4-3-8-17(19)7-2-1-5-14-32(15-18(34)16-33)22-10-6-11-23(30-22)35-31-21/h3-4,6,8-13,18,33-34H,1-2,5,7,14-16H2,(H,29,31). The highest BCUT2D eigenvalue weighted by molar-refractivity contribution is 8.00. The fourth-order valence-corrected chi connectivity index (χ4v) is 4.68. The summed E-state index contributed by atoms with van der Waals surface area (Å²) in [6, 6.07) is 14.9. The number of hydrogen-bond acceptors (Lipinski definition) is 7. The number of aryl methyl sites for hydroxylation is 1. The van der Waals surface area contributed by atoms with Crippen molar-refractivity contribution < 1.29 is 23.4 Å². The van der Waals surface area contributed by atoms with Gasteiger partial charge in [0.1, 0.15) is 16.7 Å². The van der Waals surface area contributed by atoms with E-state index in [4.69, 9.17) is 0 Å². The number of pyridine rings is 2. The third kappa shape index (κ3) is 6.45. The number of aliphatic hydroxyl groups excluding tert-OH is 2. The molecule has 0 aliphatic carbocycles. The Hall–Kier alpha value is -2.82. The maximum atomic E-state index is 13.8. The third-order valence-corrected chi connectivity index (χ3v) is 6.53. The summed E-state index contributed by atoms with van der Waals surface area (Å²) in [4.78, 5) is 10.9.